The van der Waals surface area contributed by atoms with E-state index in [0.717, 1.165) is 0 Å². The van der Waals surface area contributed by atoms with Crippen LogP contribution in [0.1, 0.15) is 17.5 Å². The van der Waals surface area contributed by atoms with Crippen LogP contribution >= 0.6 is 0 Å². The minimum atomic E-state index is -0.0898. The summed E-state index contributed by atoms with van der Waals surface area (Å²) in [6, 6.07) is -0.0769. The lowest BCUT2D eigenvalue weighted by atomic mass is 10.1. The van der Waals surface area contributed by atoms with Crippen molar-refractivity contribution in [3.05, 3.63) is 18.2 Å². The van der Waals surface area contributed by atoms with Crippen molar-refractivity contribution in [2.45, 2.75) is 19.1 Å². The molecule has 1 fully saturated rings. The highest BCUT2D eigenvalue weighted by Crippen LogP contribution is 2.11. The molecule has 1 aliphatic heterocycles. The predicted octanol–water partition coefficient (Wildman–Crippen LogP) is -0.392. The van der Waals surface area contributed by atoms with Gasteiger partial charge in [0.05, 0.1) is 12.7 Å². The monoisotopic (exact) mass is 238 g/mol. The van der Waals surface area contributed by atoms with Crippen LogP contribution in [0.15, 0.2) is 12.4 Å². The molecule has 0 aromatic carbocycles. The third-order valence-corrected chi connectivity index (χ3v) is 2.98. The van der Waals surface area contributed by atoms with Crippen molar-refractivity contribution in [1.29, 1.82) is 0 Å². The number of hydrogen-bond acceptors (Lipinski definition) is 4. The quantitative estimate of drug-likeness (QED) is 0.761. The van der Waals surface area contributed by atoms with E-state index in [4.69, 9.17) is 10.5 Å². The highest BCUT2D eigenvalue weighted by Gasteiger charge is 2.28. The Kier molecular flexibility index (Phi) is 3.44. The van der Waals surface area contributed by atoms with Crippen molar-refractivity contribution < 1.29 is 9.53 Å². The number of nitrogens with two attached hydrogens (primary N) is 1. The first-order valence-electron chi connectivity index (χ1n) is 5.73. The molecule has 6 nitrogen and oxygen atoms in total. The average molecular weight is 238 g/mol. The molecule has 0 saturated carbocycles. The highest BCUT2D eigenvalue weighted by molar-refractivity contribution is 5.90. The van der Waals surface area contributed by atoms with E-state index < -0.39 is 0 Å². The van der Waals surface area contributed by atoms with Crippen LogP contribution in [-0.2, 0) is 11.8 Å². The molecule has 1 aromatic rings. The summed E-state index contributed by atoms with van der Waals surface area (Å²) < 4.78 is 7.24. The summed E-state index contributed by atoms with van der Waals surface area (Å²) in [4.78, 5) is 18.0. The topological polar surface area (TPSA) is 73.4 Å². The molecular weight excluding hydrogens is 220 g/mol. The first kappa shape index (κ1) is 12.1. The zero-order chi connectivity index (χ0) is 12.4. The fourth-order valence-corrected chi connectivity index (χ4v) is 1.89. The molecule has 1 aliphatic rings. The first-order valence-corrected chi connectivity index (χ1v) is 5.73. The summed E-state index contributed by atoms with van der Waals surface area (Å²) in [6.45, 7) is 3.54. The number of hydrogen-bond donors (Lipinski definition) is 1. The molecule has 0 spiro atoms. The van der Waals surface area contributed by atoms with Crippen LogP contribution < -0.4 is 5.73 Å². The van der Waals surface area contributed by atoms with Gasteiger partial charge in [0.15, 0.2) is 5.82 Å². The molecule has 6 heteroatoms. The molecule has 2 unspecified atom stereocenters. The fourth-order valence-electron chi connectivity index (χ4n) is 1.89. The Morgan fingerprint density at radius 3 is 3.06 bits per heavy atom. The maximum atomic E-state index is 12.2. The Labute approximate surface area is 100 Å². The second-order valence-corrected chi connectivity index (χ2v) is 4.38. The molecular formula is C11H18N4O2. The zero-order valence-electron chi connectivity index (χ0n) is 10.2. The number of carbonyl (C=O) groups is 1. The fraction of sp³-hybridized carbons (Fsp3) is 0.636. The molecule has 1 saturated heterocycles. The maximum Gasteiger partial charge on any atom is 0.290 e. The largest absolute Gasteiger partial charge is 0.373 e. The number of amides is 1. The van der Waals surface area contributed by atoms with Gasteiger partial charge in [0.25, 0.3) is 5.91 Å². The molecule has 2 heterocycles. The number of rotatable bonds is 2. The van der Waals surface area contributed by atoms with E-state index in [1.54, 1.807) is 21.9 Å². The predicted molar refractivity (Wildman–Crippen MR) is 62.5 cm³/mol. The smallest absolute Gasteiger partial charge is 0.290 e. The van der Waals surface area contributed by atoms with E-state index in [1.807, 2.05) is 14.0 Å². The Bertz CT molecular complexity index is 402. The third kappa shape index (κ3) is 2.48. The number of morpholine rings is 1. The number of nitrogens with zero attached hydrogens (tertiary/aromatic N) is 3. The standard InChI is InChI=1S/C11H18N4O2/c1-8(12)9-7-15(5-6-17-9)11(16)10-13-3-4-14(10)2/h3-4,8-9H,5-7,12H2,1-2H3. The van der Waals surface area contributed by atoms with Crippen molar-refractivity contribution in [2.75, 3.05) is 19.7 Å². The van der Waals surface area contributed by atoms with Crippen LogP contribution in [0.5, 0.6) is 0 Å². The molecule has 0 aliphatic carbocycles. The van der Waals surface area contributed by atoms with Crippen LogP contribution in [-0.4, -0.2) is 52.2 Å². The van der Waals surface area contributed by atoms with Gasteiger partial charge < -0.3 is 19.9 Å². The van der Waals surface area contributed by atoms with Gasteiger partial charge in [0.1, 0.15) is 0 Å². The van der Waals surface area contributed by atoms with Gasteiger partial charge in [-0.15, -0.1) is 0 Å². The molecule has 1 aromatic heterocycles. The summed E-state index contributed by atoms with van der Waals surface area (Å²) >= 11 is 0. The normalized spacial score (nSPS) is 22.5. The molecule has 17 heavy (non-hydrogen) atoms. The Morgan fingerprint density at radius 1 is 1.71 bits per heavy atom. The molecule has 2 atom stereocenters. The van der Waals surface area contributed by atoms with Crippen LogP contribution in [0.2, 0.25) is 0 Å². The lowest BCUT2D eigenvalue weighted by Crippen LogP contribution is -2.51. The minimum Gasteiger partial charge on any atom is -0.373 e. The van der Waals surface area contributed by atoms with Gasteiger partial charge in [-0.1, -0.05) is 0 Å². The van der Waals surface area contributed by atoms with E-state index in [9.17, 15) is 4.79 Å². The molecule has 0 bridgehead atoms. The van der Waals surface area contributed by atoms with Crippen molar-refractivity contribution in [2.24, 2.45) is 12.8 Å². The Balaban J connectivity index is 2.07. The van der Waals surface area contributed by atoms with E-state index in [-0.39, 0.29) is 18.1 Å². The van der Waals surface area contributed by atoms with Gasteiger partial charge in [-0.2, -0.15) is 0 Å². The summed E-state index contributed by atoms with van der Waals surface area (Å²) in [7, 11) is 1.81. The van der Waals surface area contributed by atoms with Crippen LogP contribution in [0.4, 0.5) is 0 Å². The average Bonchev–Trinajstić information content (AvgIpc) is 2.74. The van der Waals surface area contributed by atoms with Crippen LogP contribution in [0.25, 0.3) is 0 Å². The van der Waals surface area contributed by atoms with Gasteiger partial charge in [-0.3, -0.25) is 4.79 Å². The SMILES string of the molecule is CC(N)C1CN(C(=O)c2nccn2C)CCO1. The van der Waals surface area contributed by atoms with Crippen molar-refractivity contribution >= 4 is 5.91 Å². The van der Waals surface area contributed by atoms with Crippen LogP contribution in [0, 0.1) is 0 Å². The number of carbonyl (C=O) groups excluding carboxylic acids is 1. The van der Waals surface area contributed by atoms with E-state index in [1.165, 1.54) is 0 Å². The third-order valence-electron chi connectivity index (χ3n) is 2.98. The number of aromatic nitrogens is 2. The highest BCUT2D eigenvalue weighted by atomic mass is 16.5. The van der Waals surface area contributed by atoms with Crippen molar-refractivity contribution in [3.8, 4) is 0 Å². The van der Waals surface area contributed by atoms with E-state index in [2.05, 4.69) is 4.98 Å². The molecule has 0 radical (unpaired) electrons. The molecule has 2 N–H and O–H groups in total. The Hall–Kier alpha value is -1.40. The van der Waals surface area contributed by atoms with E-state index in [0.29, 0.717) is 25.5 Å². The van der Waals surface area contributed by atoms with Gasteiger partial charge in [0, 0.05) is 38.6 Å². The second kappa shape index (κ2) is 4.85. The summed E-state index contributed by atoms with van der Waals surface area (Å²) in [5, 5.41) is 0. The minimum absolute atomic E-state index is 0.0635. The maximum absolute atomic E-state index is 12.2. The van der Waals surface area contributed by atoms with Crippen molar-refractivity contribution in [1.82, 2.24) is 14.5 Å². The van der Waals surface area contributed by atoms with Gasteiger partial charge in [-0.05, 0) is 6.92 Å². The lowest BCUT2D eigenvalue weighted by Gasteiger charge is -2.34. The Morgan fingerprint density at radius 2 is 2.47 bits per heavy atom. The van der Waals surface area contributed by atoms with Gasteiger partial charge in [-0.25, -0.2) is 4.98 Å². The number of ether oxygens (including phenoxy) is 1. The number of aryl methyl sites for hydroxylation is 1. The summed E-state index contributed by atoms with van der Waals surface area (Å²) in [5.41, 5.74) is 5.79. The van der Waals surface area contributed by atoms with Gasteiger partial charge >= 0.3 is 0 Å². The van der Waals surface area contributed by atoms with Crippen molar-refractivity contribution in [3.63, 3.8) is 0 Å². The molecule has 2 rings (SSSR count). The second-order valence-electron chi connectivity index (χ2n) is 4.38. The molecule has 1 amide bonds. The summed E-state index contributed by atoms with van der Waals surface area (Å²) in [6.07, 6.45) is 3.29. The van der Waals surface area contributed by atoms with E-state index >= 15 is 0 Å². The lowest BCUT2D eigenvalue weighted by molar-refractivity contribution is -0.0304. The van der Waals surface area contributed by atoms with Gasteiger partial charge in [0.2, 0.25) is 0 Å². The summed E-state index contributed by atoms with van der Waals surface area (Å²) in [5.74, 6) is 0.391. The molecule has 94 valence electrons. The van der Waals surface area contributed by atoms with Crippen LogP contribution in [0.3, 0.4) is 0 Å². The first-order chi connectivity index (χ1) is 8.09. The zero-order valence-corrected chi connectivity index (χ0v) is 10.2. The number of imidazole rings is 1.